The van der Waals surface area contributed by atoms with Gasteiger partial charge in [-0.3, -0.25) is 4.57 Å². The van der Waals surface area contributed by atoms with Crippen molar-refractivity contribution in [1.29, 1.82) is 0 Å². The van der Waals surface area contributed by atoms with E-state index in [1.165, 1.54) is 12.1 Å². The molecule has 3 rings (SSSR count). The van der Waals surface area contributed by atoms with Gasteiger partial charge in [0.2, 0.25) is 5.95 Å². The number of halogens is 2. The topological polar surface area (TPSA) is 43.8 Å². The Morgan fingerprint density at radius 1 is 1.30 bits per heavy atom. The standard InChI is InChI=1S/C14H11ClFN3S/c1-20-9-4-2-3-8(5-9)19-13-7-11(16)10(15)6-12(13)18-14(19)17/h2-7H,1H3,(H2,17,18). The predicted molar refractivity (Wildman–Crippen MR) is 82.2 cm³/mol. The van der Waals surface area contributed by atoms with E-state index < -0.39 is 5.82 Å². The molecule has 0 unspecified atom stereocenters. The molecule has 102 valence electrons. The van der Waals surface area contributed by atoms with E-state index >= 15 is 0 Å². The second-order valence-electron chi connectivity index (χ2n) is 4.26. The molecule has 0 aliphatic heterocycles. The van der Waals surface area contributed by atoms with E-state index in [-0.39, 0.29) is 5.02 Å². The van der Waals surface area contributed by atoms with Crippen LogP contribution in [0.25, 0.3) is 16.7 Å². The van der Waals surface area contributed by atoms with Crippen LogP contribution in [0.15, 0.2) is 41.3 Å². The van der Waals surface area contributed by atoms with Gasteiger partial charge in [-0.2, -0.15) is 0 Å². The Morgan fingerprint density at radius 3 is 2.85 bits per heavy atom. The summed E-state index contributed by atoms with van der Waals surface area (Å²) in [7, 11) is 0. The number of nitrogen functional groups attached to an aromatic ring is 1. The molecule has 0 saturated heterocycles. The van der Waals surface area contributed by atoms with Gasteiger partial charge in [0.25, 0.3) is 0 Å². The summed E-state index contributed by atoms with van der Waals surface area (Å²) < 4.78 is 15.4. The number of aromatic nitrogens is 2. The first-order valence-electron chi connectivity index (χ1n) is 5.87. The van der Waals surface area contributed by atoms with Crippen LogP contribution < -0.4 is 5.73 Å². The number of nitrogens with two attached hydrogens (primary N) is 1. The zero-order valence-electron chi connectivity index (χ0n) is 10.6. The lowest BCUT2D eigenvalue weighted by molar-refractivity contribution is 0.629. The van der Waals surface area contributed by atoms with Crippen LogP contribution in [-0.2, 0) is 0 Å². The maximum Gasteiger partial charge on any atom is 0.205 e. The lowest BCUT2D eigenvalue weighted by atomic mass is 10.2. The maximum absolute atomic E-state index is 13.7. The number of fused-ring (bicyclic) bond motifs is 1. The van der Waals surface area contributed by atoms with Gasteiger partial charge in [-0.25, -0.2) is 9.37 Å². The Bertz CT molecular complexity index is 800. The summed E-state index contributed by atoms with van der Waals surface area (Å²) in [4.78, 5) is 5.33. The van der Waals surface area contributed by atoms with Gasteiger partial charge in [-0.1, -0.05) is 17.7 Å². The summed E-state index contributed by atoms with van der Waals surface area (Å²) in [5.74, 6) is -0.179. The summed E-state index contributed by atoms with van der Waals surface area (Å²) in [5, 5.41) is 0.0417. The van der Waals surface area contributed by atoms with Crippen molar-refractivity contribution in [1.82, 2.24) is 9.55 Å². The molecule has 3 aromatic rings. The Balaban J connectivity index is 2.29. The number of anilines is 1. The van der Waals surface area contributed by atoms with Crippen LogP contribution in [0.1, 0.15) is 0 Å². The molecule has 2 N–H and O–H groups in total. The number of rotatable bonds is 2. The van der Waals surface area contributed by atoms with E-state index in [1.54, 1.807) is 16.3 Å². The molecule has 0 aliphatic rings. The zero-order valence-corrected chi connectivity index (χ0v) is 12.2. The molecule has 0 bridgehead atoms. The summed E-state index contributed by atoms with van der Waals surface area (Å²) >= 11 is 7.40. The highest BCUT2D eigenvalue weighted by Crippen LogP contribution is 2.28. The fraction of sp³-hybridized carbons (Fsp3) is 0.0714. The van der Waals surface area contributed by atoms with Crippen LogP contribution >= 0.6 is 23.4 Å². The maximum atomic E-state index is 13.7. The van der Waals surface area contributed by atoms with Gasteiger partial charge in [0.1, 0.15) is 5.82 Å². The molecule has 0 radical (unpaired) electrons. The molecular formula is C14H11ClFN3S. The minimum atomic E-state index is -0.485. The smallest absolute Gasteiger partial charge is 0.205 e. The first kappa shape index (κ1) is 13.3. The number of hydrogen-bond acceptors (Lipinski definition) is 3. The van der Waals surface area contributed by atoms with Gasteiger partial charge in [0.05, 0.1) is 21.7 Å². The normalized spacial score (nSPS) is 11.2. The highest BCUT2D eigenvalue weighted by atomic mass is 35.5. The fourth-order valence-electron chi connectivity index (χ4n) is 2.11. The molecule has 0 spiro atoms. The highest BCUT2D eigenvalue weighted by Gasteiger charge is 2.13. The Labute approximate surface area is 124 Å². The summed E-state index contributed by atoms with van der Waals surface area (Å²) in [6, 6.07) is 10.7. The molecule has 1 heterocycles. The number of thioether (sulfide) groups is 1. The van der Waals surface area contributed by atoms with E-state index in [0.29, 0.717) is 17.0 Å². The third-order valence-electron chi connectivity index (χ3n) is 3.03. The van der Waals surface area contributed by atoms with Gasteiger partial charge < -0.3 is 5.73 Å². The SMILES string of the molecule is CSc1cccc(-n2c(N)nc3cc(Cl)c(F)cc32)c1. The third kappa shape index (κ3) is 2.13. The van der Waals surface area contributed by atoms with E-state index in [2.05, 4.69) is 4.98 Å². The van der Waals surface area contributed by atoms with Crippen molar-refractivity contribution < 1.29 is 4.39 Å². The molecule has 0 atom stereocenters. The Kier molecular flexibility index (Phi) is 3.31. The van der Waals surface area contributed by atoms with Crippen molar-refractivity contribution in [2.24, 2.45) is 0 Å². The molecule has 0 saturated carbocycles. The minimum absolute atomic E-state index is 0.0417. The van der Waals surface area contributed by atoms with Gasteiger partial charge >= 0.3 is 0 Å². The van der Waals surface area contributed by atoms with Gasteiger partial charge in [0, 0.05) is 11.0 Å². The molecule has 2 aromatic carbocycles. The molecule has 20 heavy (non-hydrogen) atoms. The minimum Gasteiger partial charge on any atom is -0.369 e. The largest absolute Gasteiger partial charge is 0.369 e. The van der Waals surface area contributed by atoms with E-state index in [9.17, 15) is 4.39 Å². The summed E-state index contributed by atoms with van der Waals surface area (Å²) in [5.41, 5.74) is 7.97. The Morgan fingerprint density at radius 2 is 2.10 bits per heavy atom. The van der Waals surface area contributed by atoms with Crippen LogP contribution in [-0.4, -0.2) is 15.8 Å². The quantitative estimate of drug-likeness (QED) is 0.724. The third-order valence-corrected chi connectivity index (χ3v) is 4.05. The fourth-order valence-corrected chi connectivity index (χ4v) is 2.72. The first-order chi connectivity index (χ1) is 9.60. The van der Waals surface area contributed by atoms with Crippen molar-refractivity contribution >= 4 is 40.3 Å². The van der Waals surface area contributed by atoms with E-state index in [4.69, 9.17) is 17.3 Å². The van der Waals surface area contributed by atoms with Crippen molar-refractivity contribution in [2.45, 2.75) is 4.90 Å². The molecule has 0 amide bonds. The molecule has 3 nitrogen and oxygen atoms in total. The van der Waals surface area contributed by atoms with Crippen LogP contribution in [0.2, 0.25) is 5.02 Å². The number of hydrogen-bond donors (Lipinski definition) is 1. The summed E-state index contributed by atoms with van der Waals surface area (Å²) in [6.07, 6.45) is 1.99. The average Bonchev–Trinajstić information content (AvgIpc) is 2.74. The number of nitrogens with zero attached hydrogens (tertiary/aromatic N) is 2. The van der Waals surface area contributed by atoms with E-state index in [1.807, 2.05) is 30.5 Å². The monoisotopic (exact) mass is 307 g/mol. The molecule has 0 aliphatic carbocycles. The second kappa shape index (κ2) is 5.00. The molecule has 1 aromatic heterocycles. The van der Waals surface area contributed by atoms with Crippen molar-refractivity contribution in [2.75, 3.05) is 12.0 Å². The highest BCUT2D eigenvalue weighted by molar-refractivity contribution is 7.98. The van der Waals surface area contributed by atoms with Crippen LogP contribution in [0.3, 0.4) is 0 Å². The second-order valence-corrected chi connectivity index (χ2v) is 5.55. The zero-order chi connectivity index (χ0) is 14.3. The van der Waals surface area contributed by atoms with Crippen molar-refractivity contribution in [3.05, 3.63) is 47.2 Å². The molecule has 0 fully saturated rings. The van der Waals surface area contributed by atoms with Crippen LogP contribution in [0, 0.1) is 5.82 Å². The summed E-state index contributed by atoms with van der Waals surface area (Å²) in [6.45, 7) is 0. The van der Waals surface area contributed by atoms with Gasteiger partial charge in [-0.05, 0) is 30.5 Å². The van der Waals surface area contributed by atoms with Gasteiger partial charge in [0.15, 0.2) is 0 Å². The van der Waals surface area contributed by atoms with E-state index in [0.717, 1.165) is 10.6 Å². The number of imidazole rings is 1. The lowest BCUT2D eigenvalue weighted by Gasteiger charge is -2.08. The average molecular weight is 308 g/mol. The molecule has 6 heteroatoms. The predicted octanol–water partition coefficient (Wildman–Crippen LogP) is 4.12. The Hall–Kier alpha value is -1.72. The van der Waals surface area contributed by atoms with Crippen molar-refractivity contribution in [3.63, 3.8) is 0 Å². The number of benzene rings is 2. The molecular weight excluding hydrogens is 297 g/mol. The van der Waals surface area contributed by atoms with Crippen LogP contribution in [0.5, 0.6) is 0 Å². The first-order valence-corrected chi connectivity index (χ1v) is 7.48. The lowest BCUT2D eigenvalue weighted by Crippen LogP contribution is -2.00. The van der Waals surface area contributed by atoms with Gasteiger partial charge in [-0.15, -0.1) is 11.8 Å². The van der Waals surface area contributed by atoms with Crippen LogP contribution in [0.4, 0.5) is 10.3 Å². The van der Waals surface area contributed by atoms with Crippen molar-refractivity contribution in [3.8, 4) is 5.69 Å².